The Hall–Kier alpha value is -0.780. The molecule has 0 amide bonds. The van der Waals surface area contributed by atoms with E-state index in [0.717, 1.165) is 23.7 Å². The average Bonchev–Trinajstić information content (AvgIpc) is 2.85. The van der Waals surface area contributed by atoms with Crippen molar-refractivity contribution in [3.63, 3.8) is 0 Å². The summed E-state index contributed by atoms with van der Waals surface area (Å²) in [6.45, 7) is 14.1. The molecule has 0 spiro atoms. The summed E-state index contributed by atoms with van der Waals surface area (Å²) in [7, 11) is 0. The van der Waals surface area contributed by atoms with Crippen LogP contribution in [0.1, 0.15) is 72.6 Å². The van der Waals surface area contributed by atoms with E-state index in [4.69, 9.17) is 0 Å². The summed E-state index contributed by atoms with van der Waals surface area (Å²) in [5, 5.41) is 0. The Kier molecular flexibility index (Phi) is 3.49. The van der Waals surface area contributed by atoms with Crippen molar-refractivity contribution >= 4 is 0 Å². The molecule has 0 nitrogen and oxygen atoms in total. The van der Waals surface area contributed by atoms with Gasteiger partial charge in [0.1, 0.15) is 0 Å². The van der Waals surface area contributed by atoms with Crippen LogP contribution in [0.25, 0.3) is 0 Å². The maximum absolute atomic E-state index is 4.35. The molecule has 0 heterocycles. The van der Waals surface area contributed by atoms with Crippen LogP contribution < -0.4 is 0 Å². The Balaban J connectivity index is 1.69. The topological polar surface area (TPSA) is 0 Å². The quantitative estimate of drug-likeness (QED) is 0.473. The van der Waals surface area contributed by atoms with Gasteiger partial charge in [-0.05, 0) is 98.9 Å². The minimum atomic E-state index is 0.463. The zero-order valence-corrected chi connectivity index (χ0v) is 15.6. The van der Waals surface area contributed by atoms with Gasteiger partial charge in [-0.3, -0.25) is 0 Å². The third kappa shape index (κ3) is 2.09. The van der Waals surface area contributed by atoms with Crippen molar-refractivity contribution in [3.05, 3.63) is 35.5 Å². The van der Waals surface area contributed by atoms with Crippen molar-refractivity contribution in [2.24, 2.45) is 34.5 Å². The summed E-state index contributed by atoms with van der Waals surface area (Å²) in [6.07, 6.45) is 14.9. The van der Waals surface area contributed by atoms with Crippen LogP contribution in [0.15, 0.2) is 35.5 Å². The molecule has 0 aromatic rings. The maximum atomic E-state index is 4.35. The fraction of sp³-hybridized carbons (Fsp3) is 0.739. The predicted molar refractivity (Wildman–Crippen MR) is 99.1 cm³/mol. The van der Waals surface area contributed by atoms with Gasteiger partial charge in [-0.1, -0.05) is 43.7 Å². The van der Waals surface area contributed by atoms with Crippen LogP contribution in [0.3, 0.4) is 0 Å². The smallest absolute Gasteiger partial charge is 0.00443 e. The Morgan fingerprint density at radius 1 is 1.13 bits per heavy atom. The highest BCUT2D eigenvalue weighted by molar-refractivity contribution is 5.36. The van der Waals surface area contributed by atoms with E-state index in [1.807, 2.05) is 0 Å². The molecule has 6 unspecified atom stereocenters. The number of fused-ring (bicyclic) bond motifs is 5. The Labute approximate surface area is 143 Å². The highest BCUT2D eigenvalue weighted by atomic mass is 14.6. The minimum Gasteiger partial charge on any atom is -0.0998 e. The molecule has 0 radical (unpaired) electrons. The second kappa shape index (κ2) is 5.11. The van der Waals surface area contributed by atoms with Gasteiger partial charge in [-0.25, -0.2) is 0 Å². The summed E-state index contributed by atoms with van der Waals surface area (Å²) in [4.78, 5) is 0. The molecule has 0 N–H and O–H groups in total. The van der Waals surface area contributed by atoms with E-state index in [9.17, 15) is 0 Å². The molecule has 0 aromatic carbocycles. The number of allylic oxidation sites excluding steroid dienone is 5. The van der Waals surface area contributed by atoms with Crippen molar-refractivity contribution in [1.29, 1.82) is 0 Å². The van der Waals surface area contributed by atoms with Crippen molar-refractivity contribution in [3.8, 4) is 0 Å². The van der Waals surface area contributed by atoms with Crippen LogP contribution >= 0.6 is 0 Å². The van der Waals surface area contributed by atoms with Gasteiger partial charge < -0.3 is 0 Å². The van der Waals surface area contributed by atoms with Gasteiger partial charge >= 0.3 is 0 Å². The van der Waals surface area contributed by atoms with Crippen LogP contribution in [-0.2, 0) is 0 Å². The Morgan fingerprint density at radius 3 is 2.65 bits per heavy atom. The van der Waals surface area contributed by atoms with Crippen molar-refractivity contribution in [2.45, 2.75) is 72.6 Å². The molecule has 4 rings (SSSR count). The van der Waals surface area contributed by atoms with Gasteiger partial charge in [-0.2, -0.15) is 0 Å². The fourth-order valence-electron chi connectivity index (χ4n) is 7.28. The normalized spacial score (nSPS) is 48.7. The first kappa shape index (κ1) is 15.7. The first-order valence-electron chi connectivity index (χ1n) is 9.89. The molecular formula is C23H34. The molecule has 4 aliphatic rings. The van der Waals surface area contributed by atoms with Crippen molar-refractivity contribution < 1.29 is 0 Å². The summed E-state index contributed by atoms with van der Waals surface area (Å²) < 4.78 is 0. The Bertz CT molecular complexity index is 591. The van der Waals surface area contributed by atoms with E-state index in [2.05, 4.69) is 46.4 Å². The first-order valence-corrected chi connectivity index (χ1v) is 9.89. The van der Waals surface area contributed by atoms with Crippen LogP contribution in [0.5, 0.6) is 0 Å². The van der Waals surface area contributed by atoms with Crippen LogP contribution in [0.4, 0.5) is 0 Å². The molecule has 2 saturated carbocycles. The molecule has 4 aliphatic carbocycles. The van der Waals surface area contributed by atoms with Gasteiger partial charge in [0.15, 0.2) is 0 Å². The van der Waals surface area contributed by atoms with Crippen LogP contribution in [0, 0.1) is 34.5 Å². The molecule has 126 valence electrons. The summed E-state index contributed by atoms with van der Waals surface area (Å²) in [5.41, 5.74) is 5.72. The predicted octanol–water partition coefficient (Wildman–Crippen LogP) is 6.70. The monoisotopic (exact) mass is 310 g/mol. The van der Waals surface area contributed by atoms with Crippen molar-refractivity contribution in [2.75, 3.05) is 0 Å². The first-order chi connectivity index (χ1) is 10.9. The minimum absolute atomic E-state index is 0.463. The maximum Gasteiger partial charge on any atom is -0.00443 e. The van der Waals surface area contributed by atoms with Gasteiger partial charge in [0.2, 0.25) is 0 Å². The van der Waals surface area contributed by atoms with Crippen molar-refractivity contribution in [1.82, 2.24) is 0 Å². The molecule has 0 saturated heterocycles. The highest BCUT2D eigenvalue weighted by Crippen LogP contribution is 2.66. The second-order valence-corrected chi connectivity index (χ2v) is 9.70. The third-order valence-electron chi connectivity index (χ3n) is 8.56. The lowest BCUT2D eigenvalue weighted by Crippen LogP contribution is -2.49. The van der Waals surface area contributed by atoms with Gasteiger partial charge in [0, 0.05) is 0 Å². The van der Waals surface area contributed by atoms with Gasteiger partial charge in [0.05, 0.1) is 0 Å². The summed E-state index contributed by atoms with van der Waals surface area (Å²) >= 11 is 0. The second-order valence-electron chi connectivity index (χ2n) is 9.70. The lowest BCUT2D eigenvalue weighted by molar-refractivity contribution is -0.0303. The van der Waals surface area contributed by atoms with E-state index in [0.29, 0.717) is 10.8 Å². The van der Waals surface area contributed by atoms with Crippen LogP contribution in [-0.4, -0.2) is 0 Å². The van der Waals surface area contributed by atoms with Crippen LogP contribution in [0.2, 0.25) is 0 Å². The summed E-state index contributed by atoms with van der Waals surface area (Å²) in [5.74, 6) is 3.57. The largest absolute Gasteiger partial charge is 0.0998 e. The standard InChI is InChI=1S/C23H34/c1-15(2)19-8-9-20-18-7-6-17-14-16(3)10-12-22(17,4)21(18)11-13-23(19,20)5/h6,14,18-21H,1,7-13H2,2-5H3. The SMILES string of the molecule is C=C(C)C1CCC2C3CC=C4C=C(C)CCC4(C)C3CCC12C. The Morgan fingerprint density at radius 2 is 1.91 bits per heavy atom. The lowest BCUT2D eigenvalue weighted by Gasteiger charge is -2.57. The van der Waals surface area contributed by atoms with Gasteiger partial charge in [0.25, 0.3) is 0 Å². The van der Waals surface area contributed by atoms with Gasteiger partial charge in [-0.15, -0.1) is 0 Å². The molecule has 2 fully saturated rings. The average molecular weight is 311 g/mol. The van der Waals surface area contributed by atoms with E-state index in [-0.39, 0.29) is 0 Å². The molecule has 23 heavy (non-hydrogen) atoms. The molecule has 0 aromatic heterocycles. The van der Waals surface area contributed by atoms with E-state index in [1.54, 1.807) is 11.1 Å². The zero-order chi connectivity index (χ0) is 16.4. The molecule has 0 aliphatic heterocycles. The molecule has 6 atom stereocenters. The summed E-state index contributed by atoms with van der Waals surface area (Å²) in [6, 6.07) is 0. The third-order valence-corrected chi connectivity index (χ3v) is 8.56. The molecule has 0 heteroatoms. The molecular weight excluding hydrogens is 276 g/mol. The fourth-order valence-corrected chi connectivity index (χ4v) is 7.28. The zero-order valence-electron chi connectivity index (χ0n) is 15.6. The van der Waals surface area contributed by atoms with E-state index in [1.165, 1.54) is 50.5 Å². The molecule has 0 bridgehead atoms. The van der Waals surface area contributed by atoms with E-state index < -0.39 is 0 Å². The van der Waals surface area contributed by atoms with E-state index >= 15 is 0 Å². The number of hydrogen-bond donors (Lipinski definition) is 0. The number of hydrogen-bond acceptors (Lipinski definition) is 0. The number of rotatable bonds is 1. The highest BCUT2D eigenvalue weighted by Gasteiger charge is 2.58. The lowest BCUT2D eigenvalue weighted by atomic mass is 9.47.